The summed E-state index contributed by atoms with van der Waals surface area (Å²) in [5.74, 6) is 0.875. The molecule has 0 heterocycles. The van der Waals surface area contributed by atoms with Gasteiger partial charge in [0.15, 0.2) is 0 Å². The molecule has 0 aliphatic heterocycles. The van der Waals surface area contributed by atoms with Gasteiger partial charge in [-0.3, -0.25) is 0 Å². The van der Waals surface area contributed by atoms with Gasteiger partial charge in [0.05, 0.1) is 13.2 Å². The van der Waals surface area contributed by atoms with Crippen molar-refractivity contribution in [1.82, 2.24) is 5.32 Å². The molecule has 2 aromatic carbocycles. The fourth-order valence-corrected chi connectivity index (χ4v) is 2.29. The van der Waals surface area contributed by atoms with E-state index in [1.165, 1.54) is 5.56 Å². The fourth-order valence-electron chi connectivity index (χ4n) is 2.29. The predicted molar refractivity (Wildman–Crippen MR) is 85.6 cm³/mol. The van der Waals surface area contributed by atoms with Crippen LogP contribution in [0.2, 0.25) is 0 Å². The minimum Gasteiger partial charge on any atom is -0.497 e. The molecule has 0 saturated carbocycles. The number of nitrogens with one attached hydrogen (secondary N) is 1. The average Bonchev–Trinajstić information content (AvgIpc) is 2.55. The molecule has 2 atom stereocenters. The number of rotatable bonds is 7. The van der Waals surface area contributed by atoms with E-state index in [0.717, 1.165) is 24.3 Å². The van der Waals surface area contributed by atoms with Gasteiger partial charge in [0.2, 0.25) is 0 Å². The van der Waals surface area contributed by atoms with Crippen LogP contribution in [0.25, 0.3) is 0 Å². The highest BCUT2D eigenvalue weighted by Crippen LogP contribution is 2.16. The van der Waals surface area contributed by atoms with Crippen molar-refractivity contribution in [3.8, 4) is 5.75 Å². The Balaban J connectivity index is 1.79. The fraction of sp³-hybridized carbons (Fsp3) is 0.333. The lowest BCUT2D eigenvalue weighted by atomic mass is 10.0. The summed E-state index contributed by atoms with van der Waals surface area (Å²) in [7, 11) is 1.67. The number of ether oxygens (including phenoxy) is 1. The quantitative estimate of drug-likeness (QED) is 0.822. The average molecular weight is 285 g/mol. The molecule has 2 N–H and O–H groups in total. The van der Waals surface area contributed by atoms with Crippen LogP contribution in [-0.4, -0.2) is 24.8 Å². The summed E-state index contributed by atoms with van der Waals surface area (Å²) in [6.45, 7) is 2.84. The lowest BCUT2D eigenvalue weighted by molar-refractivity contribution is 0.136. The summed E-state index contributed by atoms with van der Waals surface area (Å²) < 4.78 is 5.14. The molecule has 0 aliphatic rings. The van der Waals surface area contributed by atoms with Crippen LogP contribution in [0.15, 0.2) is 54.6 Å². The third-order valence-electron chi connectivity index (χ3n) is 3.65. The number of methoxy groups -OCH3 is 1. The number of benzene rings is 2. The van der Waals surface area contributed by atoms with Gasteiger partial charge in [-0.2, -0.15) is 0 Å². The first-order valence-corrected chi connectivity index (χ1v) is 7.30. The second-order valence-corrected chi connectivity index (χ2v) is 5.20. The lowest BCUT2D eigenvalue weighted by Crippen LogP contribution is -2.33. The molecule has 0 spiro atoms. The molecule has 3 nitrogen and oxygen atoms in total. The largest absolute Gasteiger partial charge is 0.497 e. The lowest BCUT2D eigenvalue weighted by Gasteiger charge is -2.20. The zero-order valence-corrected chi connectivity index (χ0v) is 12.6. The van der Waals surface area contributed by atoms with Gasteiger partial charge in [-0.15, -0.1) is 0 Å². The molecule has 2 aromatic rings. The van der Waals surface area contributed by atoms with Crippen molar-refractivity contribution >= 4 is 0 Å². The zero-order chi connectivity index (χ0) is 15.1. The van der Waals surface area contributed by atoms with Crippen LogP contribution in [0.1, 0.15) is 24.2 Å². The van der Waals surface area contributed by atoms with Crippen molar-refractivity contribution in [1.29, 1.82) is 0 Å². The topological polar surface area (TPSA) is 41.5 Å². The number of hydrogen-bond donors (Lipinski definition) is 2. The van der Waals surface area contributed by atoms with Crippen LogP contribution >= 0.6 is 0 Å². The monoisotopic (exact) mass is 285 g/mol. The van der Waals surface area contributed by atoms with Gasteiger partial charge in [0.1, 0.15) is 5.75 Å². The smallest absolute Gasteiger partial charge is 0.118 e. The molecule has 3 heteroatoms. The third-order valence-corrected chi connectivity index (χ3v) is 3.65. The molecular formula is C18H23NO2. The molecule has 0 saturated heterocycles. The van der Waals surface area contributed by atoms with E-state index in [-0.39, 0.29) is 6.04 Å². The molecule has 0 radical (unpaired) electrons. The van der Waals surface area contributed by atoms with Crippen LogP contribution in [0.3, 0.4) is 0 Å². The van der Waals surface area contributed by atoms with Gasteiger partial charge >= 0.3 is 0 Å². The maximum absolute atomic E-state index is 10.3. The van der Waals surface area contributed by atoms with Gasteiger partial charge in [-0.25, -0.2) is 0 Å². The Labute approximate surface area is 126 Å². The first kappa shape index (κ1) is 15.5. The molecule has 21 heavy (non-hydrogen) atoms. The van der Waals surface area contributed by atoms with Crippen LogP contribution in [0, 0.1) is 0 Å². The van der Waals surface area contributed by atoms with Crippen LogP contribution in [0.4, 0.5) is 0 Å². The van der Waals surface area contributed by atoms with Crippen molar-refractivity contribution in [2.75, 3.05) is 13.7 Å². The maximum atomic E-state index is 10.3. The summed E-state index contributed by atoms with van der Waals surface area (Å²) >= 11 is 0. The van der Waals surface area contributed by atoms with Gasteiger partial charge in [0.25, 0.3) is 0 Å². The SMILES string of the molecule is COc1ccc(CCNC(C)C(O)c2ccccc2)cc1. The molecule has 0 bridgehead atoms. The molecule has 112 valence electrons. The number of aliphatic hydroxyl groups is 1. The van der Waals surface area contributed by atoms with Crippen molar-refractivity contribution in [2.24, 2.45) is 0 Å². The molecular weight excluding hydrogens is 262 g/mol. The van der Waals surface area contributed by atoms with Crippen molar-refractivity contribution < 1.29 is 9.84 Å². The highest BCUT2D eigenvalue weighted by atomic mass is 16.5. The Morgan fingerprint density at radius 3 is 2.33 bits per heavy atom. The Hall–Kier alpha value is -1.84. The van der Waals surface area contributed by atoms with E-state index >= 15 is 0 Å². The van der Waals surface area contributed by atoms with Crippen molar-refractivity contribution in [2.45, 2.75) is 25.5 Å². The van der Waals surface area contributed by atoms with Gasteiger partial charge in [-0.05, 0) is 43.1 Å². The molecule has 2 rings (SSSR count). The summed E-state index contributed by atoms with van der Waals surface area (Å²) in [4.78, 5) is 0. The van der Waals surface area contributed by atoms with Gasteiger partial charge in [-0.1, -0.05) is 42.5 Å². The first-order valence-electron chi connectivity index (χ1n) is 7.30. The maximum Gasteiger partial charge on any atom is 0.118 e. The predicted octanol–water partition coefficient (Wildman–Crippen LogP) is 2.95. The van der Waals surface area contributed by atoms with E-state index < -0.39 is 6.10 Å². The Morgan fingerprint density at radius 1 is 1.05 bits per heavy atom. The second-order valence-electron chi connectivity index (χ2n) is 5.20. The molecule has 0 aromatic heterocycles. The number of aliphatic hydroxyl groups excluding tert-OH is 1. The van der Waals surface area contributed by atoms with E-state index in [4.69, 9.17) is 4.74 Å². The first-order chi connectivity index (χ1) is 10.2. The zero-order valence-electron chi connectivity index (χ0n) is 12.6. The van der Waals surface area contributed by atoms with Crippen LogP contribution in [-0.2, 0) is 6.42 Å². The van der Waals surface area contributed by atoms with Crippen LogP contribution < -0.4 is 10.1 Å². The number of hydrogen-bond acceptors (Lipinski definition) is 3. The van der Waals surface area contributed by atoms with E-state index in [0.29, 0.717) is 0 Å². The van der Waals surface area contributed by atoms with Crippen molar-refractivity contribution in [3.05, 3.63) is 65.7 Å². The highest BCUT2D eigenvalue weighted by Gasteiger charge is 2.14. The molecule has 0 fully saturated rings. The van der Waals surface area contributed by atoms with Crippen molar-refractivity contribution in [3.63, 3.8) is 0 Å². The second kappa shape index (κ2) is 7.81. The Morgan fingerprint density at radius 2 is 1.71 bits per heavy atom. The molecule has 0 aliphatic carbocycles. The standard InChI is InChI=1S/C18H23NO2/c1-14(18(20)16-6-4-3-5-7-16)19-13-12-15-8-10-17(21-2)11-9-15/h3-11,14,18-20H,12-13H2,1-2H3. The molecule has 0 amide bonds. The van der Waals surface area contributed by atoms with Gasteiger partial charge in [0, 0.05) is 6.04 Å². The third kappa shape index (κ3) is 4.59. The normalized spacial score (nSPS) is 13.7. The minimum absolute atomic E-state index is 0.0191. The van der Waals surface area contributed by atoms with E-state index in [1.54, 1.807) is 7.11 Å². The van der Waals surface area contributed by atoms with Gasteiger partial charge < -0.3 is 15.2 Å². The Bertz CT molecular complexity index is 525. The van der Waals surface area contributed by atoms with E-state index in [2.05, 4.69) is 17.4 Å². The summed E-state index contributed by atoms with van der Waals surface area (Å²) in [6, 6.07) is 17.8. The highest BCUT2D eigenvalue weighted by molar-refractivity contribution is 5.27. The summed E-state index contributed by atoms with van der Waals surface area (Å²) in [6.07, 6.45) is 0.442. The minimum atomic E-state index is -0.484. The Kier molecular flexibility index (Phi) is 5.78. The summed E-state index contributed by atoms with van der Waals surface area (Å²) in [5.41, 5.74) is 2.20. The summed E-state index contributed by atoms with van der Waals surface area (Å²) in [5, 5.41) is 13.7. The van der Waals surface area contributed by atoms with E-state index in [1.807, 2.05) is 49.4 Å². The van der Waals surface area contributed by atoms with E-state index in [9.17, 15) is 5.11 Å². The van der Waals surface area contributed by atoms with Crippen LogP contribution in [0.5, 0.6) is 5.75 Å². The molecule has 2 unspecified atom stereocenters.